The van der Waals surface area contributed by atoms with E-state index in [1.165, 1.54) is 6.92 Å². The lowest BCUT2D eigenvalue weighted by molar-refractivity contribution is -0.138. The van der Waals surface area contributed by atoms with Crippen LogP contribution in [0.2, 0.25) is 0 Å². The van der Waals surface area contributed by atoms with Gasteiger partial charge >= 0.3 is 12.0 Å². The number of amides is 2. The van der Waals surface area contributed by atoms with Gasteiger partial charge in [0.15, 0.2) is 0 Å². The smallest absolute Gasteiger partial charge is 0.325 e. The Labute approximate surface area is 94.7 Å². The van der Waals surface area contributed by atoms with Gasteiger partial charge in [-0.2, -0.15) is 0 Å². The number of aliphatic carboxylic acids is 1. The van der Waals surface area contributed by atoms with Crippen LogP contribution in [-0.4, -0.2) is 42.9 Å². The van der Waals surface area contributed by atoms with Crippen molar-refractivity contribution >= 4 is 12.0 Å². The van der Waals surface area contributed by atoms with E-state index in [1.807, 2.05) is 0 Å². The first-order valence-corrected chi connectivity index (χ1v) is 5.03. The third-order valence-electron chi connectivity index (χ3n) is 1.72. The Morgan fingerprint density at radius 3 is 2.75 bits per heavy atom. The SMILES string of the molecule is C=CCCOCCNC(=O)NC(C)C(=O)O. The molecular weight excluding hydrogens is 212 g/mol. The molecule has 0 spiro atoms. The summed E-state index contributed by atoms with van der Waals surface area (Å²) < 4.78 is 5.15. The quantitative estimate of drug-likeness (QED) is 0.415. The summed E-state index contributed by atoms with van der Waals surface area (Å²) in [5.41, 5.74) is 0. The first-order valence-electron chi connectivity index (χ1n) is 5.03. The van der Waals surface area contributed by atoms with Crippen molar-refractivity contribution in [3.05, 3.63) is 12.7 Å². The Morgan fingerprint density at radius 1 is 1.50 bits per heavy atom. The van der Waals surface area contributed by atoms with Gasteiger partial charge in [-0.3, -0.25) is 4.79 Å². The molecule has 1 unspecified atom stereocenters. The van der Waals surface area contributed by atoms with Gasteiger partial charge < -0.3 is 20.5 Å². The Hall–Kier alpha value is -1.56. The van der Waals surface area contributed by atoms with E-state index in [-0.39, 0.29) is 0 Å². The van der Waals surface area contributed by atoms with Gasteiger partial charge in [-0.25, -0.2) is 4.79 Å². The third kappa shape index (κ3) is 7.81. The molecule has 6 heteroatoms. The fraction of sp³-hybridized carbons (Fsp3) is 0.600. The van der Waals surface area contributed by atoms with Crippen molar-refractivity contribution in [1.82, 2.24) is 10.6 Å². The number of carboxylic acid groups (broad SMARTS) is 1. The van der Waals surface area contributed by atoms with E-state index in [0.717, 1.165) is 6.42 Å². The Morgan fingerprint density at radius 2 is 2.19 bits per heavy atom. The predicted octanol–water partition coefficient (Wildman–Crippen LogP) is 0.351. The third-order valence-corrected chi connectivity index (χ3v) is 1.72. The number of carbonyl (C=O) groups excluding carboxylic acids is 1. The van der Waals surface area contributed by atoms with Crippen molar-refractivity contribution in [2.45, 2.75) is 19.4 Å². The summed E-state index contributed by atoms with van der Waals surface area (Å²) >= 11 is 0. The fourth-order valence-electron chi connectivity index (χ4n) is 0.815. The first-order chi connectivity index (χ1) is 7.57. The molecule has 0 saturated carbocycles. The van der Waals surface area contributed by atoms with Crippen LogP contribution in [-0.2, 0) is 9.53 Å². The van der Waals surface area contributed by atoms with Crippen LogP contribution >= 0.6 is 0 Å². The van der Waals surface area contributed by atoms with E-state index in [2.05, 4.69) is 17.2 Å². The monoisotopic (exact) mass is 230 g/mol. The minimum Gasteiger partial charge on any atom is -0.480 e. The molecule has 16 heavy (non-hydrogen) atoms. The second-order valence-electron chi connectivity index (χ2n) is 3.15. The fourth-order valence-corrected chi connectivity index (χ4v) is 0.815. The molecule has 0 aliphatic carbocycles. The zero-order valence-electron chi connectivity index (χ0n) is 9.36. The molecule has 0 aliphatic heterocycles. The zero-order valence-corrected chi connectivity index (χ0v) is 9.36. The molecule has 0 aliphatic rings. The minimum atomic E-state index is -1.07. The van der Waals surface area contributed by atoms with E-state index in [4.69, 9.17) is 9.84 Å². The number of rotatable bonds is 8. The Balaban J connectivity index is 3.44. The largest absolute Gasteiger partial charge is 0.480 e. The summed E-state index contributed by atoms with van der Waals surface area (Å²) in [4.78, 5) is 21.5. The van der Waals surface area contributed by atoms with Crippen molar-refractivity contribution in [1.29, 1.82) is 0 Å². The number of carbonyl (C=O) groups is 2. The maximum atomic E-state index is 11.1. The Bertz CT molecular complexity index is 243. The molecule has 0 rings (SSSR count). The van der Waals surface area contributed by atoms with Crippen LogP contribution < -0.4 is 10.6 Å². The van der Waals surface area contributed by atoms with Crippen molar-refractivity contribution < 1.29 is 19.4 Å². The lowest BCUT2D eigenvalue weighted by Gasteiger charge is -2.10. The number of carboxylic acids is 1. The molecule has 0 saturated heterocycles. The summed E-state index contributed by atoms with van der Waals surface area (Å²) in [6.07, 6.45) is 2.51. The number of ether oxygens (including phenoxy) is 1. The Kier molecular flexibility index (Phi) is 7.87. The highest BCUT2D eigenvalue weighted by Gasteiger charge is 2.12. The topological polar surface area (TPSA) is 87.7 Å². The number of nitrogens with one attached hydrogen (secondary N) is 2. The molecule has 92 valence electrons. The molecule has 0 aromatic rings. The van der Waals surface area contributed by atoms with E-state index < -0.39 is 18.0 Å². The summed E-state index contributed by atoms with van der Waals surface area (Å²) in [5.74, 6) is -1.07. The molecule has 6 nitrogen and oxygen atoms in total. The molecular formula is C10H18N2O4. The van der Waals surface area contributed by atoms with Crippen molar-refractivity contribution in [3.63, 3.8) is 0 Å². The maximum absolute atomic E-state index is 11.1. The van der Waals surface area contributed by atoms with Crippen LogP contribution in [0.5, 0.6) is 0 Å². The van der Waals surface area contributed by atoms with Crippen molar-refractivity contribution in [3.8, 4) is 0 Å². The van der Waals surface area contributed by atoms with Gasteiger partial charge in [-0.05, 0) is 13.3 Å². The van der Waals surface area contributed by atoms with E-state index in [1.54, 1.807) is 6.08 Å². The highest BCUT2D eigenvalue weighted by Crippen LogP contribution is 1.83. The molecule has 0 radical (unpaired) electrons. The van der Waals surface area contributed by atoms with Crippen LogP contribution in [0.3, 0.4) is 0 Å². The molecule has 0 aromatic heterocycles. The van der Waals surface area contributed by atoms with E-state index in [0.29, 0.717) is 19.8 Å². The van der Waals surface area contributed by atoms with Gasteiger partial charge in [-0.15, -0.1) is 6.58 Å². The lowest BCUT2D eigenvalue weighted by atomic mass is 10.3. The van der Waals surface area contributed by atoms with Gasteiger partial charge in [0.05, 0.1) is 13.2 Å². The van der Waals surface area contributed by atoms with Gasteiger partial charge in [0, 0.05) is 6.54 Å². The summed E-state index contributed by atoms with van der Waals surface area (Å²) in [6.45, 7) is 6.23. The average molecular weight is 230 g/mol. The van der Waals surface area contributed by atoms with Gasteiger partial charge in [0.25, 0.3) is 0 Å². The van der Waals surface area contributed by atoms with Gasteiger partial charge in [0.2, 0.25) is 0 Å². The van der Waals surface area contributed by atoms with Gasteiger partial charge in [0.1, 0.15) is 6.04 Å². The van der Waals surface area contributed by atoms with Crippen LogP contribution in [0.25, 0.3) is 0 Å². The van der Waals surface area contributed by atoms with Crippen LogP contribution in [0.4, 0.5) is 4.79 Å². The molecule has 0 heterocycles. The normalized spacial score (nSPS) is 11.6. The molecule has 0 fully saturated rings. The summed E-state index contributed by atoms with van der Waals surface area (Å²) in [6, 6.07) is -1.41. The van der Waals surface area contributed by atoms with E-state index in [9.17, 15) is 9.59 Å². The van der Waals surface area contributed by atoms with Crippen LogP contribution in [0.1, 0.15) is 13.3 Å². The molecule has 0 bridgehead atoms. The standard InChI is InChI=1S/C10H18N2O4/c1-3-4-6-16-7-5-11-10(15)12-8(2)9(13)14/h3,8H,1,4-7H2,2H3,(H,13,14)(H2,11,12,15). The summed E-state index contributed by atoms with van der Waals surface area (Å²) in [5, 5.41) is 13.3. The number of hydrogen-bond acceptors (Lipinski definition) is 3. The summed E-state index contributed by atoms with van der Waals surface area (Å²) in [7, 11) is 0. The minimum absolute atomic E-state index is 0.343. The van der Waals surface area contributed by atoms with Crippen molar-refractivity contribution in [2.75, 3.05) is 19.8 Å². The molecule has 3 N–H and O–H groups in total. The first kappa shape index (κ1) is 14.4. The molecule has 2 amide bonds. The lowest BCUT2D eigenvalue weighted by Crippen LogP contribution is -2.45. The maximum Gasteiger partial charge on any atom is 0.325 e. The zero-order chi connectivity index (χ0) is 12.4. The predicted molar refractivity (Wildman–Crippen MR) is 59.3 cm³/mol. The second kappa shape index (κ2) is 8.72. The van der Waals surface area contributed by atoms with Gasteiger partial charge in [-0.1, -0.05) is 6.08 Å². The second-order valence-corrected chi connectivity index (χ2v) is 3.15. The highest BCUT2D eigenvalue weighted by molar-refractivity contribution is 5.82. The number of hydrogen-bond donors (Lipinski definition) is 3. The highest BCUT2D eigenvalue weighted by atomic mass is 16.5. The number of urea groups is 1. The van der Waals surface area contributed by atoms with E-state index >= 15 is 0 Å². The van der Waals surface area contributed by atoms with Crippen LogP contribution in [0.15, 0.2) is 12.7 Å². The average Bonchev–Trinajstić information content (AvgIpc) is 2.23. The molecule has 0 aromatic carbocycles. The van der Waals surface area contributed by atoms with Crippen LogP contribution in [0, 0.1) is 0 Å². The molecule has 1 atom stereocenters. The van der Waals surface area contributed by atoms with Crippen molar-refractivity contribution in [2.24, 2.45) is 0 Å².